The fraction of sp³-hybridized carbons (Fsp3) is 0.417. The van der Waals surface area contributed by atoms with Gasteiger partial charge in [-0.2, -0.15) is 0 Å². The minimum Gasteiger partial charge on any atom is -0.497 e. The van der Waals surface area contributed by atoms with Gasteiger partial charge in [0.15, 0.2) is 5.13 Å². The number of methoxy groups -OCH3 is 1. The van der Waals surface area contributed by atoms with E-state index >= 15 is 0 Å². The Hall–Kier alpha value is -1.36. The molecule has 0 bridgehead atoms. The second-order valence-corrected chi connectivity index (χ2v) is 10.8. The van der Waals surface area contributed by atoms with Crippen molar-refractivity contribution in [1.29, 1.82) is 0 Å². The Bertz CT molecular complexity index is 1060. The molecule has 1 aliphatic heterocycles. The van der Waals surface area contributed by atoms with E-state index in [1.807, 2.05) is 41.3 Å². The molecule has 1 fully saturated rings. The zero-order valence-electron chi connectivity index (χ0n) is 19.1. The van der Waals surface area contributed by atoms with Crippen LogP contribution in [0.4, 0.5) is 5.13 Å². The highest BCUT2D eigenvalue weighted by molar-refractivity contribution is 9.10. The summed E-state index contributed by atoms with van der Waals surface area (Å²) in [6.45, 7) is 5.13. The number of nitrogens with zero attached hydrogens (tertiary/aromatic N) is 3. The molecule has 4 rings (SSSR count). The fourth-order valence-corrected chi connectivity index (χ4v) is 6.07. The van der Waals surface area contributed by atoms with Gasteiger partial charge in [0.25, 0.3) is 0 Å². The Labute approximate surface area is 223 Å². The van der Waals surface area contributed by atoms with Crippen LogP contribution in [0.3, 0.4) is 0 Å². The van der Waals surface area contributed by atoms with Crippen LogP contribution in [0.1, 0.15) is 12.8 Å². The maximum absolute atomic E-state index is 13.3. The molecule has 0 aliphatic carbocycles. The third-order valence-corrected chi connectivity index (χ3v) is 8.02. The molecular formula is C24H29BrClN3O3S2. The number of benzene rings is 2. The molecule has 0 spiro atoms. The second kappa shape index (κ2) is 13.7. The first kappa shape index (κ1) is 27.2. The third kappa shape index (κ3) is 7.57. The number of anilines is 1. The number of amides is 1. The predicted octanol–water partition coefficient (Wildman–Crippen LogP) is 5.73. The molecule has 0 radical (unpaired) electrons. The second-order valence-electron chi connectivity index (χ2n) is 7.74. The van der Waals surface area contributed by atoms with Crippen LogP contribution in [0, 0.1) is 0 Å². The van der Waals surface area contributed by atoms with Crippen molar-refractivity contribution in [3.63, 3.8) is 0 Å². The van der Waals surface area contributed by atoms with E-state index in [1.54, 1.807) is 30.2 Å². The number of hydrogen-bond acceptors (Lipinski definition) is 7. The molecular weight excluding hydrogens is 558 g/mol. The highest BCUT2D eigenvalue weighted by atomic mass is 79.9. The molecule has 0 saturated carbocycles. The number of thiazole rings is 1. The van der Waals surface area contributed by atoms with E-state index in [0.29, 0.717) is 13.0 Å². The van der Waals surface area contributed by atoms with Gasteiger partial charge in [-0.15, -0.1) is 24.2 Å². The average molecular weight is 587 g/mol. The quantitative estimate of drug-likeness (QED) is 0.283. The van der Waals surface area contributed by atoms with Crippen molar-refractivity contribution in [3.05, 3.63) is 46.9 Å². The molecule has 0 unspecified atom stereocenters. The Kier molecular flexibility index (Phi) is 10.9. The lowest BCUT2D eigenvalue weighted by Gasteiger charge is -2.27. The van der Waals surface area contributed by atoms with Gasteiger partial charge in [0.2, 0.25) is 5.91 Å². The van der Waals surface area contributed by atoms with Crippen LogP contribution in [0.25, 0.3) is 10.2 Å². The molecule has 1 aromatic heterocycles. The summed E-state index contributed by atoms with van der Waals surface area (Å²) in [5.41, 5.74) is 0.928. The zero-order valence-corrected chi connectivity index (χ0v) is 23.1. The molecule has 1 amide bonds. The number of hydrogen-bond donors (Lipinski definition) is 0. The molecule has 184 valence electrons. The Balaban J connectivity index is 0.00000324. The van der Waals surface area contributed by atoms with E-state index < -0.39 is 0 Å². The summed E-state index contributed by atoms with van der Waals surface area (Å²) in [4.78, 5) is 23.5. The summed E-state index contributed by atoms with van der Waals surface area (Å²) in [7, 11) is 1.66. The first-order valence-corrected chi connectivity index (χ1v) is 13.7. The number of fused-ring (bicyclic) bond motifs is 1. The molecule has 1 saturated heterocycles. The lowest BCUT2D eigenvalue weighted by Crippen LogP contribution is -2.39. The molecule has 1 aliphatic rings. The van der Waals surface area contributed by atoms with Crippen molar-refractivity contribution >= 4 is 72.7 Å². The summed E-state index contributed by atoms with van der Waals surface area (Å²) in [6.07, 6.45) is 1.38. The van der Waals surface area contributed by atoms with Crippen molar-refractivity contribution < 1.29 is 14.3 Å². The van der Waals surface area contributed by atoms with E-state index in [9.17, 15) is 4.79 Å². The number of carbonyl (C=O) groups excluding carboxylic acids is 1. The summed E-state index contributed by atoms with van der Waals surface area (Å²) < 4.78 is 12.8. The molecule has 6 nitrogen and oxygen atoms in total. The summed E-state index contributed by atoms with van der Waals surface area (Å²) in [6, 6.07) is 14.0. The fourth-order valence-electron chi connectivity index (χ4n) is 3.67. The number of thioether (sulfide) groups is 1. The van der Waals surface area contributed by atoms with E-state index in [4.69, 9.17) is 14.5 Å². The predicted molar refractivity (Wildman–Crippen MR) is 147 cm³/mol. The van der Waals surface area contributed by atoms with Crippen LogP contribution in [-0.2, 0) is 9.53 Å². The monoisotopic (exact) mass is 585 g/mol. The van der Waals surface area contributed by atoms with Crippen molar-refractivity contribution in [2.75, 3.05) is 57.2 Å². The van der Waals surface area contributed by atoms with E-state index in [-0.39, 0.29) is 18.3 Å². The minimum atomic E-state index is 0. The van der Waals surface area contributed by atoms with Crippen molar-refractivity contribution in [3.8, 4) is 5.75 Å². The topological polar surface area (TPSA) is 54.9 Å². The lowest BCUT2D eigenvalue weighted by atomic mass is 10.3. The van der Waals surface area contributed by atoms with Crippen molar-refractivity contribution in [2.45, 2.75) is 17.7 Å². The Morgan fingerprint density at radius 1 is 1.24 bits per heavy atom. The van der Waals surface area contributed by atoms with Gasteiger partial charge in [-0.25, -0.2) is 4.98 Å². The van der Waals surface area contributed by atoms with Crippen LogP contribution in [0.15, 0.2) is 51.8 Å². The standard InChI is InChI=1S/C24H28BrN3O3S2.ClH/c1-30-19-4-6-20(7-5-19)32-16-9-23(29)28(11-2-10-27-12-14-31-15-13-27)24-26-21-8-3-18(25)17-22(21)33-24;/h3-8,17H,2,9-16H2,1H3;1H. The van der Waals surface area contributed by atoms with E-state index in [1.165, 1.54) is 0 Å². The Morgan fingerprint density at radius 2 is 2.00 bits per heavy atom. The number of halogens is 2. The van der Waals surface area contributed by atoms with Gasteiger partial charge in [-0.3, -0.25) is 14.6 Å². The number of rotatable bonds is 10. The molecule has 0 atom stereocenters. The molecule has 2 aromatic carbocycles. The van der Waals surface area contributed by atoms with Crippen molar-refractivity contribution in [2.24, 2.45) is 0 Å². The molecule has 2 heterocycles. The normalized spacial score (nSPS) is 14.1. The van der Waals surface area contributed by atoms with E-state index in [0.717, 1.165) is 75.5 Å². The van der Waals surface area contributed by atoms with Gasteiger partial charge < -0.3 is 9.47 Å². The van der Waals surface area contributed by atoms with Gasteiger partial charge in [0.05, 0.1) is 30.5 Å². The molecule has 34 heavy (non-hydrogen) atoms. The lowest BCUT2D eigenvalue weighted by molar-refractivity contribution is -0.118. The minimum absolute atomic E-state index is 0. The summed E-state index contributed by atoms with van der Waals surface area (Å²) in [5, 5.41) is 0.782. The third-order valence-electron chi connectivity index (χ3n) is 5.48. The molecule has 3 aromatic rings. The maximum atomic E-state index is 13.3. The van der Waals surface area contributed by atoms with Crippen LogP contribution in [0.2, 0.25) is 0 Å². The molecule has 10 heteroatoms. The van der Waals surface area contributed by atoms with Gasteiger partial charge in [-0.05, 0) is 48.9 Å². The smallest absolute Gasteiger partial charge is 0.229 e. The van der Waals surface area contributed by atoms with Gasteiger partial charge >= 0.3 is 0 Å². The van der Waals surface area contributed by atoms with E-state index in [2.05, 4.69) is 26.9 Å². The first-order chi connectivity index (χ1) is 16.1. The zero-order chi connectivity index (χ0) is 23.0. The average Bonchev–Trinajstić information content (AvgIpc) is 3.25. The maximum Gasteiger partial charge on any atom is 0.229 e. The van der Waals surface area contributed by atoms with Crippen LogP contribution in [0.5, 0.6) is 5.75 Å². The number of ether oxygens (including phenoxy) is 2. The molecule has 0 N–H and O–H groups in total. The summed E-state index contributed by atoms with van der Waals surface area (Å²) >= 11 is 6.79. The number of aromatic nitrogens is 1. The largest absolute Gasteiger partial charge is 0.497 e. The number of carbonyl (C=O) groups is 1. The SMILES string of the molecule is COc1ccc(SCCC(=O)N(CCCN2CCOCC2)c2nc3ccc(Br)cc3s2)cc1.Cl. The van der Waals surface area contributed by atoms with Gasteiger partial charge in [-0.1, -0.05) is 27.3 Å². The number of morpholine rings is 1. The van der Waals surface area contributed by atoms with Crippen LogP contribution in [-0.4, -0.2) is 68.0 Å². The van der Waals surface area contributed by atoms with Gasteiger partial charge in [0, 0.05) is 47.7 Å². The first-order valence-electron chi connectivity index (χ1n) is 11.1. The van der Waals surface area contributed by atoms with Crippen LogP contribution < -0.4 is 9.64 Å². The summed E-state index contributed by atoms with van der Waals surface area (Å²) in [5.74, 6) is 1.68. The van der Waals surface area contributed by atoms with Crippen LogP contribution >= 0.6 is 51.4 Å². The van der Waals surface area contributed by atoms with Gasteiger partial charge in [0.1, 0.15) is 5.75 Å². The Morgan fingerprint density at radius 3 is 2.74 bits per heavy atom. The highest BCUT2D eigenvalue weighted by Gasteiger charge is 2.20. The highest BCUT2D eigenvalue weighted by Crippen LogP contribution is 2.32. The van der Waals surface area contributed by atoms with Crippen molar-refractivity contribution in [1.82, 2.24) is 9.88 Å².